The minimum absolute atomic E-state index is 0.625. The van der Waals surface area contributed by atoms with Crippen LogP contribution in [0.2, 0.25) is 0 Å². The lowest BCUT2D eigenvalue weighted by molar-refractivity contribution is 0.111. The molecule has 0 N–H and O–H groups in total. The monoisotopic (exact) mass is 222 g/mol. The minimum atomic E-state index is 0.625. The summed E-state index contributed by atoms with van der Waals surface area (Å²) < 4.78 is 7.84. The molecule has 1 aromatic heterocycles. The van der Waals surface area contributed by atoms with Crippen molar-refractivity contribution in [1.82, 2.24) is 9.78 Å². The fourth-order valence-electron chi connectivity index (χ4n) is 2.36. The summed E-state index contributed by atoms with van der Waals surface area (Å²) in [5, 5.41) is 4.43. The Morgan fingerprint density at radius 2 is 2.25 bits per heavy atom. The number of rotatable bonds is 6. The molecule has 1 aliphatic carbocycles. The van der Waals surface area contributed by atoms with Gasteiger partial charge in [-0.15, -0.1) is 0 Å². The van der Waals surface area contributed by atoms with Crippen molar-refractivity contribution in [2.45, 2.75) is 58.1 Å². The predicted octanol–water partition coefficient (Wildman–Crippen LogP) is 3.31. The summed E-state index contributed by atoms with van der Waals surface area (Å²) in [5.41, 5.74) is 1.24. The predicted molar refractivity (Wildman–Crippen MR) is 64.3 cm³/mol. The van der Waals surface area contributed by atoms with Crippen molar-refractivity contribution in [2.75, 3.05) is 6.61 Å². The largest absolute Gasteiger partial charge is 0.375 e. The zero-order valence-corrected chi connectivity index (χ0v) is 10.2. The average molecular weight is 222 g/mol. The second-order valence-electron chi connectivity index (χ2n) is 4.61. The normalized spacial score (nSPS) is 17.1. The Labute approximate surface area is 97.8 Å². The molecule has 3 nitrogen and oxygen atoms in total. The van der Waals surface area contributed by atoms with Crippen LogP contribution in [-0.2, 0) is 11.3 Å². The highest BCUT2D eigenvalue weighted by molar-refractivity contribution is 5.01. The van der Waals surface area contributed by atoms with E-state index in [1.54, 1.807) is 0 Å². The number of ether oxygens (including phenoxy) is 1. The van der Waals surface area contributed by atoms with Crippen molar-refractivity contribution < 1.29 is 4.74 Å². The topological polar surface area (TPSA) is 27.1 Å². The number of unbranched alkanes of at least 4 members (excludes halogenated alkanes) is 1. The summed E-state index contributed by atoms with van der Waals surface area (Å²) in [4.78, 5) is 0. The summed E-state index contributed by atoms with van der Waals surface area (Å²) in [6.07, 6.45) is 9.50. The van der Waals surface area contributed by atoms with Gasteiger partial charge in [-0.2, -0.15) is 5.10 Å². The van der Waals surface area contributed by atoms with Crippen LogP contribution in [0.25, 0.3) is 0 Å². The van der Waals surface area contributed by atoms with Crippen LogP contribution in [0.4, 0.5) is 0 Å². The quantitative estimate of drug-likeness (QED) is 0.690. The molecule has 1 aromatic rings. The van der Waals surface area contributed by atoms with Gasteiger partial charge in [0.1, 0.15) is 0 Å². The smallest absolute Gasteiger partial charge is 0.0884 e. The maximum absolute atomic E-state index is 5.66. The SMILES string of the molecule is CCCCOCc1ccnn1C1CCCC1. The maximum Gasteiger partial charge on any atom is 0.0884 e. The second kappa shape index (κ2) is 6.04. The molecular weight excluding hydrogens is 200 g/mol. The Morgan fingerprint density at radius 3 is 3.00 bits per heavy atom. The Balaban J connectivity index is 1.86. The summed E-state index contributed by atoms with van der Waals surface area (Å²) in [5.74, 6) is 0. The van der Waals surface area contributed by atoms with Crippen LogP contribution in [-0.4, -0.2) is 16.4 Å². The van der Waals surface area contributed by atoms with Crippen LogP contribution in [0.5, 0.6) is 0 Å². The third kappa shape index (κ3) is 2.85. The van der Waals surface area contributed by atoms with Gasteiger partial charge in [0, 0.05) is 12.8 Å². The fourth-order valence-corrected chi connectivity index (χ4v) is 2.36. The van der Waals surface area contributed by atoms with Crippen molar-refractivity contribution in [2.24, 2.45) is 0 Å². The summed E-state index contributed by atoms with van der Waals surface area (Å²) in [7, 11) is 0. The molecule has 0 aliphatic heterocycles. The Morgan fingerprint density at radius 1 is 1.44 bits per heavy atom. The molecule has 1 heterocycles. The lowest BCUT2D eigenvalue weighted by Crippen LogP contribution is -2.11. The number of hydrogen-bond acceptors (Lipinski definition) is 2. The zero-order chi connectivity index (χ0) is 11.2. The first kappa shape index (κ1) is 11.6. The van der Waals surface area contributed by atoms with Crippen LogP contribution >= 0.6 is 0 Å². The Bertz CT molecular complexity index is 303. The van der Waals surface area contributed by atoms with Gasteiger partial charge in [-0.05, 0) is 25.3 Å². The average Bonchev–Trinajstić information content (AvgIpc) is 2.94. The molecule has 1 fully saturated rings. The van der Waals surface area contributed by atoms with Crippen molar-refractivity contribution in [3.8, 4) is 0 Å². The fraction of sp³-hybridized carbons (Fsp3) is 0.769. The van der Waals surface area contributed by atoms with Gasteiger partial charge in [0.15, 0.2) is 0 Å². The van der Waals surface area contributed by atoms with E-state index in [9.17, 15) is 0 Å². The van der Waals surface area contributed by atoms with Gasteiger partial charge < -0.3 is 4.74 Å². The maximum atomic E-state index is 5.66. The molecule has 1 saturated carbocycles. The standard InChI is InChI=1S/C13H22N2O/c1-2-3-10-16-11-13-8-9-14-15(13)12-6-4-5-7-12/h8-9,12H,2-7,10-11H2,1H3. The lowest BCUT2D eigenvalue weighted by Gasteiger charge is -2.14. The number of nitrogens with zero attached hydrogens (tertiary/aromatic N) is 2. The molecule has 3 heteroatoms. The molecule has 1 aliphatic rings. The Kier molecular flexibility index (Phi) is 4.40. The summed E-state index contributed by atoms with van der Waals surface area (Å²) in [6, 6.07) is 2.71. The molecule has 0 radical (unpaired) electrons. The molecule has 0 amide bonds. The van der Waals surface area contributed by atoms with Crippen molar-refractivity contribution in [3.63, 3.8) is 0 Å². The van der Waals surface area contributed by atoms with Gasteiger partial charge in [0.25, 0.3) is 0 Å². The van der Waals surface area contributed by atoms with E-state index in [4.69, 9.17) is 4.74 Å². The molecule has 90 valence electrons. The molecule has 0 atom stereocenters. The molecule has 16 heavy (non-hydrogen) atoms. The van der Waals surface area contributed by atoms with E-state index in [-0.39, 0.29) is 0 Å². The molecular formula is C13H22N2O. The van der Waals surface area contributed by atoms with Crippen molar-refractivity contribution >= 4 is 0 Å². The van der Waals surface area contributed by atoms with Gasteiger partial charge in [0.05, 0.1) is 18.3 Å². The minimum Gasteiger partial charge on any atom is -0.375 e. The van der Waals surface area contributed by atoms with Crippen LogP contribution in [0.3, 0.4) is 0 Å². The van der Waals surface area contributed by atoms with Gasteiger partial charge in [-0.3, -0.25) is 4.68 Å². The van der Waals surface area contributed by atoms with Crippen LogP contribution in [0.1, 0.15) is 57.2 Å². The molecule has 0 unspecified atom stereocenters. The van der Waals surface area contributed by atoms with Crippen molar-refractivity contribution in [1.29, 1.82) is 0 Å². The first-order chi connectivity index (χ1) is 7.92. The van der Waals surface area contributed by atoms with E-state index in [0.717, 1.165) is 19.6 Å². The van der Waals surface area contributed by atoms with Crippen LogP contribution < -0.4 is 0 Å². The van der Waals surface area contributed by atoms with Gasteiger partial charge in [-0.1, -0.05) is 26.2 Å². The van der Waals surface area contributed by atoms with Gasteiger partial charge in [0.2, 0.25) is 0 Å². The highest BCUT2D eigenvalue weighted by Crippen LogP contribution is 2.29. The van der Waals surface area contributed by atoms with E-state index < -0.39 is 0 Å². The van der Waals surface area contributed by atoms with E-state index in [0.29, 0.717) is 6.04 Å². The molecule has 0 aromatic carbocycles. The first-order valence-electron chi connectivity index (χ1n) is 6.52. The van der Waals surface area contributed by atoms with E-state index in [1.165, 1.54) is 37.8 Å². The third-order valence-corrected chi connectivity index (χ3v) is 3.32. The summed E-state index contributed by atoms with van der Waals surface area (Å²) >= 11 is 0. The lowest BCUT2D eigenvalue weighted by atomic mass is 10.2. The zero-order valence-electron chi connectivity index (χ0n) is 10.2. The van der Waals surface area contributed by atoms with Gasteiger partial charge in [-0.25, -0.2) is 0 Å². The number of hydrogen-bond donors (Lipinski definition) is 0. The Hall–Kier alpha value is -0.830. The second-order valence-corrected chi connectivity index (χ2v) is 4.61. The van der Waals surface area contributed by atoms with Gasteiger partial charge >= 0.3 is 0 Å². The highest BCUT2D eigenvalue weighted by atomic mass is 16.5. The highest BCUT2D eigenvalue weighted by Gasteiger charge is 2.19. The molecule has 0 spiro atoms. The van der Waals surface area contributed by atoms with Crippen LogP contribution in [0.15, 0.2) is 12.3 Å². The molecule has 0 bridgehead atoms. The van der Waals surface area contributed by atoms with Crippen molar-refractivity contribution in [3.05, 3.63) is 18.0 Å². The molecule has 0 saturated heterocycles. The van der Waals surface area contributed by atoms with E-state index >= 15 is 0 Å². The van der Waals surface area contributed by atoms with Crippen LogP contribution in [0, 0.1) is 0 Å². The van der Waals surface area contributed by atoms with E-state index in [1.807, 2.05) is 6.20 Å². The first-order valence-corrected chi connectivity index (χ1v) is 6.52. The van der Waals surface area contributed by atoms with E-state index in [2.05, 4.69) is 22.8 Å². The third-order valence-electron chi connectivity index (χ3n) is 3.32. The summed E-state index contributed by atoms with van der Waals surface area (Å²) in [6.45, 7) is 3.77. The molecule has 2 rings (SSSR count). The number of aromatic nitrogens is 2.